The van der Waals surface area contributed by atoms with Gasteiger partial charge >= 0.3 is 0 Å². The van der Waals surface area contributed by atoms with E-state index in [-0.39, 0.29) is 0 Å². The van der Waals surface area contributed by atoms with E-state index >= 15 is 0 Å². The van der Waals surface area contributed by atoms with Crippen LogP contribution in [0.3, 0.4) is 0 Å². The van der Waals surface area contributed by atoms with Crippen LogP contribution in [-0.2, 0) is 0 Å². The van der Waals surface area contributed by atoms with Crippen LogP contribution in [0.5, 0.6) is 17.2 Å². The van der Waals surface area contributed by atoms with Gasteiger partial charge in [-0.3, -0.25) is 0 Å². The minimum Gasteiger partial charge on any atom is -0.496 e. The van der Waals surface area contributed by atoms with Crippen LogP contribution in [0.15, 0.2) is 12.1 Å². The lowest BCUT2D eigenvalue weighted by Crippen LogP contribution is -2.04. The highest BCUT2D eigenvalue weighted by Crippen LogP contribution is 2.54. The van der Waals surface area contributed by atoms with E-state index < -0.39 is 0 Å². The molecule has 1 aliphatic carbocycles. The Labute approximate surface area is 102 Å². The molecule has 0 aromatic heterocycles. The molecule has 2 N–H and O–H groups in total. The van der Waals surface area contributed by atoms with Gasteiger partial charge < -0.3 is 19.9 Å². The fourth-order valence-electron chi connectivity index (χ4n) is 2.26. The molecule has 2 rings (SSSR count). The first kappa shape index (κ1) is 12.0. The number of hydrogen-bond acceptors (Lipinski definition) is 4. The van der Waals surface area contributed by atoms with Crippen molar-refractivity contribution in [2.45, 2.75) is 12.3 Å². The molecule has 0 aliphatic heterocycles. The SMILES string of the molecule is COc1cc(OC)c([C@@H]2C[C@@H]2CN)c(OC)c1. The van der Waals surface area contributed by atoms with Gasteiger partial charge in [0.05, 0.1) is 21.3 Å². The van der Waals surface area contributed by atoms with E-state index in [4.69, 9.17) is 19.9 Å². The molecule has 94 valence electrons. The zero-order valence-electron chi connectivity index (χ0n) is 10.5. The Hall–Kier alpha value is -1.42. The fraction of sp³-hybridized carbons (Fsp3) is 0.538. The third-order valence-corrected chi connectivity index (χ3v) is 3.35. The highest BCUT2D eigenvalue weighted by molar-refractivity contribution is 5.54. The van der Waals surface area contributed by atoms with E-state index in [1.54, 1.807) is 21.3 Å². The smallest absolute Gasteiger partial charge is 0.129 e. The molecule has 4 nitrogen and oxygen atoms in total. The minimum atomic E-state index is 0.454. The van der Waals surface area contributed by atoms with Crippen molar-refractivity contribution in [2.75, 3.05) is 27.9 Å². The van der Waals surface area contributed by atoms with Gasteiger partial charge in [-0.15, -0.1) is 0 Å². The lowest BCUT2D eigenvalue weighted by molar-refractivity contribution is 0.368. The van der Waals surface area contributed by atoms with Crippen molar-refractivity contribution in [2.24, 2.45) is 11.7 Å². The number of nitrogens with two attached hydrogens (primary N) is 1. The molecule has 1 aliphatic rings. The summed E-state index contributed by atoms with van der Waals surface area (Å²) in [6, 6.07) is 3.79. The summed E-state index contributed by atoms with van der Waals surface area (Å²) in [4.78, 5) is 0. The highest BCUT2D eigenvalue weighted by Gasteiger charge is 2.41. The van der Waals surface area contributed by atoms with Crippen LogP contribution in [0.25, 0.3) is 0 Å². The minimum absolute atomic E-state index is 0.454. The maximum absolute atomic E-state index is 5.69. The zero-order chi connectivity index (χ0) is 12.4. The van der Waals surface area contributed by atoms with Crippen LogP contribution >= 0.6 is 0 Å². The van der Waals surface area contributed by atoms with Crippen molar-refractivity contribution in [3.63, 3.8) is 0 Å². The Kier molecular flexibility index (Phi) is 3.43. The highest BCUT2D eigenvalue weighted by atomic mass is 16.5. The summed E-state index contributed by atoms with van der Waals surface area (Å²) in [5.41, 5.74) is 6.81. The van der Waals surface area contributed by atoms with Crippen molar-refractivity contribution in [1.82, 2.24) is 0 Å². The van der Waals surface area contributed by atoms with E-state index in [0.717, 1.165) is 29.2 Å². The first-order chi connectivity index (χ1) is 8.24. The van der Waals surface area contributed by atoms with Gasteiger partial charge in [0.25, 0.3) is 0 Å². The molecule has 0 heterocycles. The molecule has 0 amide bonds. The molecular weight excluding hydrogens is 218 g/mol. The lowest BCUT2D eigenvalue weighted by atomic mass is 10.1. The van der Waals surface area contributed by atoms with E-state index in [1.165, 1.54) is 0 Å². The second-order valence-corrected chi connectivity index (χ2v) is 4.28. The summed E-state index contributed by atoms with van der Waals surface area (Å²) in [5, 5.41) is 0. The lowest BCUT2D eigenvalue weighted by Gasteiger charge is -2.15. The number of rotatable bonds is 5. The first-order valence-corrected chi connectivity index (χ1v) is 5.75. The predicted molar refractivity (Wildman–Crippen MR) is 66.0 cm³/mol. The average molecular weight is 237 g/mol. The number of methoxy groups -OCH3 is 3. The average Bonchev–Trinajstić information content (AvgIpc) is 3.15. The maximum atomic E-state index is 5.69. The summed E-state index contributed by atoms with van der Waals surface area (Å²) < 4.78 is 16.1. The van der Waals surface area contributed by atoms with Crippen molar-refractivity contribution in [1.29, 1.82) is 0 Å². The van der Waals surface area contributed by atoms with Gasteiger partial charge in [-0.05, 0) is 24.8 Å². The van der Waals surface area contributed by atoms with Crippen LogP contribution < -0.4 is 19.9 Å². The normalized spacial score (nSPS) is 22.1. The molecule has 0 bridgehead atoms. The second-order valence-electron chi connectivity index (χ2n) is 4.28. The predicted octanol–water partition coefficient (Wildman–Crippen LogP) is 1.77. The Bertz CT molecular complexity index is 381. The van der Waals surface area contributed by atoms with Crippen LogP contribution in [0.1, 0.15) is 17.9 Å². The third-order valence-electron chi connectivity index (χ3n) is 3.35. The van der Waals surface area contributed by atoms with Crippen molar-refractivity contribution >= 4 is 0 Å². The molecule has 2 atom stereocenters. The Balaban J connectivity index is 2.41. The van der Waals surface area contributed by atoms with Gasteiger partial charge in [0.1, 0.15) is 17.2 Å². The molecule has 17 heavy (non-hydrogen) atoms. The van der Waals surface area contributed by atoms with Gasteiger partial charge in [0.2, 0.25) is 0 Å². The van der Waals surface area contributed by atoms with Gasteiger partial charge in [0.15, 0.2) is 0 Å². The fourth-order valence-corrected chi connectivity index (χ4v) is 2.26. The summed E-state index contributed by atoms with van der Waals surface area (Å²) in [5.74, 6) is 3.39. The van der Waals surface area contributed by atoms with E-state index in [0.29, 0.717) is 18.4 Å². The summed E-state index contributed by atoms with van der Waals surface area (Å²) in [6.45, 7) is 0.711. The Morgan fingerprint density at radius 1 is 1.12 bits per heavy atom. The Morgan fingerprint density at radius 3 is 2.06 bits per heavy atom. The molecule has 0 radical (unpaired) electrons. The molecule has 0 saturated heterocycles. The van der Waals surface area contributed by atoms with E-state index in [9.17, 15) is 0 Å². The molecule has 1 saturated carbocycles. The topological polar surface area (TPSA) is 53.7 Å². The second kappa shape index (κ2) is 4.84. The largest absolute Gasteiger partial charge is 0.496 e. The van der Waals surface area contributed by atoms with Gasteiger partial charge in [-0.25, -0.2) is 0 Å². The van der Waals surface area contributed by atoms with Crippen LogP contribution in [-0.4, -0.2) is 27.9 Å². The molecular formula is C13H19NO3. The van der Waals surface area contributed by atoms with Gasteiger partial charge in [-0.2, -0.15) is 0 Å². The summed E-state index contributed by atoms with van der Waals surface area (Å²) >= 11 is 0. The van der Waals surface area contributed by atoms with Gasteiger partial charge in [-0.1, -0.05) is 0 Å². The standard InChI is InChI=1S/C13H19NO3/c1-15-9-5-11(16-2)13(12(6-9)17-3)10-4-8(10)7-14/h5-6,8,10H,4,7,14H2,1-3H3/t8-,10-/m1/s1. The number of ether oxygens (including phenoxy) is 3. The quantitative estimate of drug-likeness (QED) is 0.848. The molecule has 1 aromatic rings. The summed E-state index contributed by atoms with van der Waals surface area (Å²) in [7, 11) is 4.96. The van der Waals surface area contributed by atoms with Crippen LogP contribution in [0, 0.1) is 5.92 Å². The molecule has 0 spiro atoms. The third kappa shape index (κ3) is 2.17. The van der Waals surface area contributed by atoms with Crippen molar-refractivity contribution in [3.05, 3.63) is 17.7 Å². The van der Waals surface area contributed by atoms with Crippen LogP contribution in [0.4, 0.5) is 0 Å². The zero-order valence-corrected chi connectivity index (χ0v) is 10.5. The number of benzene rings is 1. The summed E-state index contributed by atoms with van der Waals surface area (Å²) in [6.07, 6.45) is 1.11. The van der Waals surface area contributed by atoms with E-state index in [2.05, 4.69) is 0 Å². The maximum Gasteiger partial charge on any atom is 0.129 e. The van der Waals surface area contributed by atoms with Crippen molar-refractivity contribution < 1.29 is 14.2 Å². The molecule has 4 heteroatoms. The Morgan fingerprint density at radius 2 is 1.71 bits per heavy atom. The van der Waals surface area contributed by atoms with Crippen LogP contribution in [0.2, 0.25) is 0 Å². The molecule has 1 fully saturated rings. The molecule has 0 unspecified atom stereocenters. The van der Waals surface area contributed by atoms with Gasteiger partial charge in [0, 0.05) is 17.7 Å². The number of hydrogen-bond donors (Lipinski definition) is 1. The van der Waals surface area contributed by atoms with E-state index in [1.807, 2.05) is 12.1 Å². The first-order valence-electron chi connectivity index (χ1n) is 5.75. The monoisotopic (exact) mass is 237 g/mol. The molecule has 1 aromatic carbocycles. The van der Waals surface area contributed by atoms with Crippen molar-refractivity contribution in [3.8, 4) is 17.2 Å².